The zero-order valence-electron chi connectivity index (χ0n) is 16.7. The number of hydrogen-bond acceptors (Lipinski definition) is 2. The molecule has 2 aromatic rings. The van der Waals surface area contributed by atoms with Crippen molar-refractivity contribution < 1.29 is 0 Å². The van der Waals surface area contributed by atoms with Gasteiger partial charge in [-0.25, -0.2) is 0 Å². The van der Waals surface area contributed by atoms with Crippen molar-refractivity contribution in [2.24, 2.45) is 0 Å². The van der Waals surface area contributed by atoms with E-state index >= 15 is 0 Å². The Bertz CT molecular complexity index is 616. The van der Waals surface area contributed by atoms with E-state index in [9.17, 15) is 0 Å². The van der Waals surface area contributed by atoms with E-state index in [-0.39, 0.29) is 0 Å². The smallest absolute Gasteiger partial charge is 0.0376 e. The van der Waals surface area contributed by atoms with Crippen molar-refractivity contribution in [1.29, 1.82) is 0 Å². The molecule has 0 atom stereocenters. The van der Waals surface area contributed by atoms with Gasteiger partial charge in [0.25, 0.3) is 0 Å². The first-order chi connectivity index (χ1) is 12.0. The van der Waals surface area contributed by atoms with Crippen LogP contribution in [0.25, 0.3) is 0 Å². The first kappa shape index (κ1) is 19.7. The molecule has 0 saturated carbocycles. The van der Waals surface area contributed by atoms with E-state index in [1.54, 1.807) is 0 Å². The first-order valence-electron chi connectivity index (χ1n) is 9.41. The normalized spacial score (nSPS) is 12.1. The number of hydrogen-bond donors (Lipinski definition) is 0. The Labute approximate surface area is 156 Å². The van der Waals surface area contributed by atoms with Crippen LogP contribution >= 0.6 is 10.0 Å². The minimum Gasteiger partial charge on any atom is -0.372 e. The van der Waals surface area contributed by atoms with E-state index in [4.69, 9.17) is 0 Å². The quantitative estimate of drug-likeness (QED) is 0.583. The molecule has 0 unspecified atom stereocenters. The standard InChI is InChI=1S/C22H34N2S/c1-7-23(8-2)19-13-11-15-21(17-19)25(5,6)22-16-12-14-20(18-22)24(9-3)10-4/h11-18H,7-10H2,1-6H3. The SMILES string of the molecule is CCN(CC)c1cccc(S(C)(C)c2cccc(N(CC)CC)c2)c1. The molecule has 0 aromatic heterocycles. The second kappa shape index (κ2) is 8.66. The molecule has 0 N–H and O–H groups in total. The van der Waals surface area contributed by atoms with Crippen LogP contribution in [-0.2, 0) is 0 Å². The summed E-state index contributed by atoms with van der Waals surface area (Å²) < 4.78 is 0. The van der Waals surface area contributed by atoms with Crippen molar-refractivity contribution in [2.75, 3.05) is 48.5 Å². The first-order valence-corrected chi connectivity index (χ1v) is 11.9. The van der Waals surface area contributed by atoms with Gasteiger partial charge in [-0.2, -0.15) is 10.0 Å². The van der Waals surface area contributed by atoms with E-state index in [0.717, 1.165) is 26.2 Å². The fraction of sp³-hybridized carbons (Fsp3) is 0.455. The molecule has 0 aliphatic carbocycles. The topological polar surface area (TPSA) is 6.48 Å². The lowest BCUT2D eigenvalue weighted by atomic mass is 10.3. The molecule has 138 valence electrons. The highest BCUT2D eigenvalue weighted by atomic mass is 32.3. The zero-order chi connectivity index (χ0) is 18.4. The average Bonchev–Trinajstić information content (AvgIpc) is 2.64. The van der Waals surface area contributed by atoms with Gasteiger partial charge < -0.3 is 9.80 Å². The van der Waals surface area contributed by atoms with Crippen LogP contribution in [0.4, 0.5) is 11.4 Å². The maximum atomic E-state index is 2.42. The van der Waals surface area contributed by atoms with Gasteiger partial charge in [-0.15, -0.1) is 0 Å². The second-order valence-corrected chi connectivity index (χ2v) is 10.3. The monoisotopic (exact) mass is 358 g/mol. The van der Waals surface area contributed by atoms with Crippen LogP contribution in [0.1, 0.15) is 27.7 Å². The van der Waals surface area contributed by atoms with Crippen LogP contribution in [0.2, 0.25) is 0 Å². The van der Waals surface area contributed by atoms with Crippen molar-refractivity contribution >= 4 is 21.4 Å². The molecule has 2 rings (SSSR count). The highest BCUT2D eigenvalue weighted by molar-refractivity contribution is 8.32. The third-order valence-corrected chi connectivity index (χ3v) is 7.94. The maximum absolute atomic E-state index is 2.42. The molecule has 0 bridgehead atoms. The van der Waals surface area contributed by atoms with Crippen molar-refractivity contribution in [3.05, 3.63) is 48.5 Å². The number of nitrogens with zero attached hydrogens (tertiary/aromatic N) is 2. The van der Waals surface area contributed by atoms with Gasteiger partial charge in [-0.3, -0.25) is 0 Å². The summed E-state index contributed by atoms with van der Waals surface area (Å²) in [7, 11) is -1.04. The molecule has 0 spiro atoms. The van der Waals surface area contributed by atoms with Crippen LogP contribution in [0.5, 0.6) is 0 Å². The lowest BCUT2D eigenvalue weighted by Gasteiger charge is -2.34. The Morgan fingerprint density at radius 1 is 0.640 bits per heavy atom. The van der Waals surface area contributed by atoms with Crippen LogP contribution < -0.4 is 9.80 Å². The molecule has 0 aliphatic rings. The predicted octanol–water partition coefficient (Wildman–Crippen LogP) is 5.86. The van der Waals surface area contributed by atoms with E-state index in [0.29, 0.717) is 0 Å². The fourth-order valence-electron chi connectivity index (χ4n) is 3.31. The summed E-state index contributed by atoms with van der Waals surface area (Å²) in [6.45, 7) is 13.1. The van der Waals surface area contributed by atoms with Gasteiger partial charge in [0.15, 0.2) is 0 Å². The summed E-state index contributed by atoms with van der Waals surface area (Å²) in [5.74, 6) is 0. The number of rotatable bonds is 8. The van der Waals surface area contributed by atoms with Gasteiger partial charge in [0, 0.05) is 37.6 Å². The van der Waals surface area contributed by atoms with Crippen molar-refractivity contribution in [1.82, 2.24) is 0 Å². The Hall–Kier alpha value is -1.61. The van der Waals surface area contributed by atoms with Crippen LogP contribution in [0, 0.1) is 0 Å². The molecule has 2 nitrogen and oxygen atoms in total. The highest BCUT2D eigenvalue weighted by Gasteiger charge is 2.19. The van der Waals surface area contributed by atoms with Crippen LogP contribution in [0.3, 0.4) is 0 Å². The maximum Gasteiger partial charge on any atom is 0.0376 e. The second-order valence-electron chi connectivity index (χ2n) is 6.67. The summed E-state index contributed by atoms with van der Waals surface area (Å²) in [5, 5.41) is 0. The highest BCUT2D eigenvalue weighted by Crippen LogP contribution is 2.57. The molecule has 0 heterocycles. The Morgan fingerprint density at radius 2 is 1.00 bits per heavy atom. The van der Waals surface area contributed by atoms with Crippen LogP contribution in [0.15, 0.2) is 58.3 Å². The lowest BCUT2D eigenvalue weighted by Crippen LogP contribution is -2.22. The molecule has 0 radical (unpaired) electrons. The van der Waals surface area contributed by atoms with Crippen molar-refractivity contribution in [2.45, 2.75) is 37.5 Å². The molecular weight excluding hydrogens is 324 g/mol. The Kier molecular flexibility index (Phi) is 6.83. The minimum atomic E-state index is -1.04. The van der Waals surface area contributed by atoms with Gasteiger partial charge in [-0.1, -0.05) is 12.1 Å². The number of anilines is 2. The van der Waals surface area contributed by atoms with Gasteiger partial charge in [0.2, 0.25) is 0 Å². The molecule has 0 aliphatic heterocycles. The van der Waals surface area contributed by atoms with E-state index in [1.165, 1.54) is 21.2 Å². The third-order valence-electron chi connectivity index (χ3n) is 5.07. The summed E-state index contributed by atoms with van der Waals surface area (Å²) in [5.41, 5.74) is 2.67. The molecular formula is C22H34N2S. The van der Waals surface area contributed by atoms with E-state index in [2.05, 4.69) is 98.5 Å². The molecule has 0 amide bonds. The van der Waals surface area contributed by atoms with Gasteiger partial charge in [0.05, 0.1) is 0 Å². The molecule has 0 saturated heterocycles. The summed E-state index contributed by atoms with van der Waals surface area (Å²) in [4.78, 5) is 7.75. The van der Waals surface area contributed by atoms with Gasteiger partial charge >= 0.3 is 0 Å². The minimum absolute atomic E-state index is 1.04. The zero-order valence-corrected chi connectivity index (χ0v) is 17.6. The van der Waals surface area contributed by atoms with Crippen molar-refractivity contribution in [3.63, 3.8) is 0 Å². The molecule has 2 aromatic carbocycles. The lowest BCUT2D eigenvalue weighted by molar-refractivity contribution is 0.863. The molecule has 25 heavy (non-hydrogen) atoms. The Morgan fingerprint density at radius 3 is 1.32 bits per heavy atom. The third kappa shape index (κ3) is 4.33. The Balaban J connectivity index is 2.41. The fourth-order valence-corrected chi connectivity index (χ4v) is 5.25. The van der Waals surface area contributed by atoms with E-state index < -0.39 is 10.0 Å². The largest absolute Gasteiger partial charge is 0.372 e. The molecule has 0 fully saturated rings. The van der Waals surface area contributed by atoms with Gasteiger partial charge in [0.1, 0.15) is 0 Å². The van der Waals surface area contributed by atoms with Crippen molar-refractivity contribution in [3.8, 4) is 0 Å². The summed E-state index contributed by atoms with van der Waals surface area (Å²) in [6.07, 6.45) is 4.82. The number of benzene rings is 2. The molecule has 3 heteroatoms. The predicted molar refractivity (Wildman–Crippen MR) is 116 cm³/mol. The summed E-state index contributed by atoms with van der Waals surface area (Å²) >= 11 is 0. The van der Waals surface area contributed by atoms with E-state index in [1.807, 2.05) is 0 Å². The van der Waals surface area contributed by atoms with Gasteiger partial charge in [-0.05, 0) is 86.4 Å². The van der Waals surface area contributed by atoms with Crippen LogP contribution in [-0.4, -0.2) is 38.7 Å². The summed E-state index contributed by atoms with van der Waals surface area (Å²) in [6, 6.07) is 18.3. The average molecular weight is 359 g/mol.